The van der Waals surface area contributed by atoms with Gasteiger partial charge in [-0.1, -0.05) is 18.2 Å². The number of carbonyl (C=O) groups excluding carboxylic acids is 1. The van der Waals surface area contributed by atoms with Crippen LogP contribution in [0.3, 0.4) is 0 Å². The summed E-state index contributed by atoms with van der Waals surface area (Å²) in [5, 5.41) is 0. The third kappa shape index (κ3) is 3.43. The van der Waals surface area contributed by atoms with Crippen LogP contribution in [0.15, 0.2) is 47.4 Å². The fourth-order valence-corrected chi connectivity index (χ4v) is 5.14. The Morgan fingerprint density at radius 1 is 1.04 bits per heavy atom. The molecule has 2 aromatic rings. The highest BCUT2D eigenvalue weighted by atomic mass is 32.2. The van der Waals surface area contributed by atoms with Gasteiger partial charge in [0, 0.05) is 25.2 Å². The summed E-state index contributed by atoms with van der Waals surface area (Å²) in [6, 6.07) is 10.8. The molecule has 2 aromatic carbocycles. The molecule has 2 aliphatic heterocycles. The van der Waals surface area contributed by atoms with E-state index < -0.39 is 21.7 Å². The second-order valence-corrected chi connectivity index (χ2v) is 8.79. The van der Waals surface area contributed by atoms with Crippen molar-refractivity contribution in [2.75, 3.05) is 37.7 Å². The van der Waals surface area contributed by atoms with Crippen LogP contribution in [-0.2, 0) is 21.2 Å². The third-order valence-corrected chi connectivity index (χ3v) is 7.00. The number of aryl methyl sites for hydroxylation is 1. The number of ether oxygens (including phenoxy) is 1. The number of carbonyl (C=O) groups is 1. The molecule has 0 bridgehead atoms. The van der Waals surface area contributed by atoms with E-state index in [9.17, 15) is 17.6 Å². The molecule has 148 valence electrons. The lowest BCUT2D eigenvalue weighted by Crippen LogP contribution is -2.40. The van der Waals surface area contributed by atoms with Gasteiger partial charge in [-0.2, -0.15) is 4.31 Å². The molecule has 8 heteroatoms. The first kappa shape index (κ1) is 19.0. The molecule has 1 fully saturated rings. The molecule has 2 aliphatic rings. The van der Waals surface area contributed by atoms with E-state index in [2.05, 4.69) is 0 Å². The lowest BCUT2D eigenvalue weighted by molar-refractivity contribution is 0.0730. The molecule has 4 rings (SSSR count). The fraction of sp³-hybridized carbons (Fsp3) is 0.350. The van der Waals surface area contributed by atoms with Crippen molar-refractivity contribution in [3.05, 3.63) is 59.4 Å². The maximum absolute atomic E-state index is 14.4. The first-order valence-corrected chi connectivity index (χ1v) is 10.7. The standard InChI is InChI=1S/C20H21FN2O4S/c21-18-8-2-4-15-6-3-9-23(19(15)18)20(24)16-5-1-7-17(14-16)28(25,26)22-10-12-27-13-11-22/h1-2,4-5,7-8,14H,3,6,9-13H2. The zero-order valence-electron chi connectivity index (χ0n) is 15.3. The molecule has 0 spiro atoms. The number of hydrogen-bond acceptors (Lipinski definition) is 4. The molecule has 0 aromatic heterocycles. The summed E-state index contributed by atoms with van der Waals surface area (Å²) in [4.78, 5) is 14.6. The average molecular weight is 404 g/mol. The van der Waals surface area contributed by atoms with Crippen molar-refractivity contribution in [2.45, 2.75) is 17.7 Å². The first-order valence-electron chi connectivity index (χ1n) is 9.26. The molecular weight excluding hydrogens is 383 g/mol. The highest BCUT2D eigenvalue weighted by Crippen LogP contribution is 2.31. The predicted molar refractivity (Wildman–Crippen MR) is 102 cm³/mol. The van der Waals surface area contributed by atoms with E-state index in [4.69, 9.17) is 4.74 Å². The minimum Gasteiger partial charge on any atom is -0.379 e. The molecule has 28 heavy (non-hydrogen) atoms. The fourth-order valence-electron chi connectivity index (χ4n) is 3.69. The van der Waals surface area contributed by atoms with Gasteiger partial charge in [0.05, 0.1) is 23.8 Å². The SMILES string of the molecule is O=C(c1cccc(S(=O)(=O)N2CCOCC2)c1)N1CCCc2cccc(F)c21. The highest BCUT2D eigenvalue weighted by Gasteiger charge is 2.29. The minimum atomic E-state index is -3.71. The molecule has 0 aliphatic carbocycles. The largest absolute Gasteiger partial charge is 0.379 e. The Labute approximate surface area is 163 Å². The van der Waals surface area contributed by atoms with Crippen LogP contribution in [0.25, 0.3) is 0 Å². The zero-order valence-corrected chi connectivity index (χ0v) is 16.1. The van der Waals surface area contributed by atoms with Crippen LogP contribution in [-0.4, -0.2) is 51.5 Å². The molecule has 0 atom stereocenters. The number of nitrogens with zero attached hydrogens (tertiary/aromatic N) is 2. The quantitative estimate of drug-likeness (QED) is 0.788. The van der Waals surface area contributed by atoms with Crippen molar-refractivity contribution in [3.63, 3.8) is 0 Å². The Morgan fingerprint density at radius 3 is 2.57 bits per heavy atom. The second kappa shape index (κ2) is 7.62. The Hall–Kier alpha value is -2.29. The van der Waals surface area contributed by atoms with Gasteiger partial charge in [0.15, 0.2) is 0 Å². The van der Waals surface area contributed by atoms with Crippen LogP contribution in [0.5, 0.6) is 0 Å². The smallest absolute Gasteiger partial charge is 0.258 e. The highest BCUT2D eigenvalue weighted by molar-refractivity contribution is 7.89. The van der Waals surface area contributed by atoms with Crippen LogP contribution in [0.1, 0.15) is 22.3 Å². The Bertz CT molecular complexity index is 1000. The molecule has 6 nitrogen and oxygen atoms in total. The normalized spacial score (nSPS) is 18.0. The number of halogens is 1. The average Bonchev–Trinajstić information content (AvgIpc) is 2.74. The Balaban J connectivity index is 1.67. The van der Waals surface area contributed by atoms with Crippen molar-refractivity contribution in [1.29, 1.82) is 0 Å². The molecule has 0 N–H and O–H groups in total. The topological polar surface area (TPSA) is 66.9 Å². The lowest BCUT2D eigenvalue weighted by Gasteiger charge is -2.30. The monoisotopic (exact) mass is 404 g/mol. The summed E-state index contributed by atoms with van der Waals surface area (Å²) >= 11 is 0. The summed E-state index contributed by atoms with van der Waals surface area (Å²) in [6.07, 6.45) is 1.44. The third-order valence-electron chi connectivity index (χ3n) is 5.10. The molecule has 0 saturated carbocycles. The Kier molecular flexibility index (Phi) is 5.18. The maximum atomic E-state index is 14.4. The van der Waals surface area contributed by atoms with E-state index >= 15 is 0 Å². The number of benzene rings is 2. The molecular formula is C20H21FN2O4S. The molecule has 0 unspecified atom stereocenters. The second-order valence-electron chi connectivity index (χ2n) is 6.85. The molecule has 2 heterocycles. The van der Waals surface area contributed by atoms with Crippen LogP contribution < -0.4 is 4.90 Å². The predicted octanol–water partition coefficient (Wildman–Crippen LogP) is 2.44. The maximum Gasteiger partial charge on any atom is 0.258 e. The summed E-state index contributed by atoms with van der Waals surface area (Å²) in [6.45, 7) is 1.66. The molecule has 1 amide bonds. The molecule has 1 saturated heterocycles. The lowest BCUT2D eigenvalue weighted by atomic mass is 10.0. The van der Waals surface area contributed by atoms with Gasteiger partial charge >= 0.3 is 0 Å². The van der Waals surface area contributed by atoms with Gasteiger partial charge in [0.25, 0.3) is 5.91 Å². The van der Waals surface area contributed by atoms with Crippen molar-refractivity contribution in [3.8, 4) is 0 Å². The van der Waals surface area contributed by atoms with Gasteiger partial charge in [-0.3, -0.25) is 4.79 Å². The van der Waals surface area contributed by atoms with Gasteiger partial charge in [0.1, 0.15) is 5.82 Å². The number of anilines is 1. The van der Waals surface area contributed by atoms with E-state index in [1.807, 2.05) is 6.07 Å². The summed E-state index contributed by atoms with van der Waals surface area (Å²) in [5.41, 5.74) is 1.31. The van der Waals surface area contributed by atoms with Crippen molar-refractivity contribution < 1.29 is 22.3 Å². The van der Waals surface area contributed by atoms with Crippen molar-refractivity contribution >= 4 is 21.6 Å². The van der Waals surface area contributed by atoms with Gasteiger partial charge in [0.2, 0.25) is 10.0 Å². The van der Waals surface area contributed by atoms with Crippen molar-refractivity contribution in [1.82, 2.24) is 4.31 Å². The van der Waals surface area contributed by atoms with Crippen LogP contribution >= 0.6 is 0 Å². The summed E-state index contributed by atoms with van der Waals surface area (Å²) < 4.78 is 46.7. The van der Waals surface area contributed by atoms with Gasteiger partial charge < -0.3 is 9.64 Å². The molecule has 0 radical (unpaired) electrons. The number of fused-ring (bicyclic) bond motifs is 1. The van der Waals surface area contributed by atoms with E-state index in [-0.39, 0.29) is 23.5 Å². The van der Waals surface area contributed by atoms with Gasteiger partial charge in [-0.25, -0.2) is 12.8 Å². The number of morpholine rings is 1. The number of hydrogen-bond donors (Lipinski definition) is 0. The van der Waals surface area contributed by atoms with Crippen molar-refractivity contribution in [2.24, 2.45) is 0 Å². The van der Waals surface area contributed by atoms with Gasteiger partial charge in [-0.05, 0) is 42.7 Å². The number of amides is 1. The zero-order chi connectivity index (χ0) is 19.7. The number of sulfonamides is 1. The minimum absolute atomic E-state index is 0.0611. The first-order chi connectivity index (χ1) is 13.5. The summed E-state index contributed by atoms with van der Waals surface area (Å²) in [7, 11) is -3.71. The summed E-state index contributed by atoms with van der Waals surface area (Å²) in [5.74, 6) is -0.840. The van der Waals surface area contributed by atoms with E-state index in [0.29, 0.717) is 31.9 Å². The van der Waals surface area contributed by atoms with E-state index in [0.717, 1.165) is 12.0 Å². The van der Waals surface area contributed by atoms with Crippen LogP contribution in [0, 0.1) is 5.82 Å². The van der Waals surface area contributed by atoms with E-state index in [1.54, 1.807) is 18.2 Å². The van der Waals surface area contributed by atoms with Crippen LogP contribution in [0.4, 0.5) is 10.1 Å². The Morgan fingerprint density at radius 2 is 1.79 bits per heavy atom. The van der Waals surface area contributed by atoms with Crippen LogP contribution in [0.2, 0.25) is 0 Å². The number of para-hydroxylation sites is 1. The number of rotatable bonds is 3. The van der Waals surface area contributed by atoms with Gasteiger partial charge in [-0.15, -0.1) is 0 Å². The van der Waals surface area contributed by atoms with E-state index in [1.165, 1.54) is 27.4 Å².